The predicted molar refractivity (Wildman–Crippen MR) is 255 cm³/mol. The Balaban J connectivity index is 1.16. The third-order valence-electron chi connectivity index (χ3n) is 12.3. The Morgan fingerprint density at radius 3 is 2.15 bits per heavy atom. The van der Waals surface area contributed by atoms with Gasteiger partial charge in [0.2, 0.25) is 0 Å². The summed E-state index contributed by atoms with van der Waals surface area (Å²) < 4.78 is 9.05. The standard InChI is InChI=1S/C54H44BN2OS/c1-31-25-49(32-13-9-8-10-14-32)59-50-30-46-43(28-39(31)50)55-51-37(40-26-34(54(5,6)7)19-24-44(40)56-35-20-17-33(18-21-35)53(2,3)4)22-23-38-41-27-42-36-15-11-12-16-47(36)58-48(42)29-45(41)57(46)52(38)51/h8-30,56H,1H2,2-7H3. The maximum Gasteiger partial charge on any atom is 0.197 e. The maximum absolute atomic E-state index is 6.54. The summed E-state index contributed by atoms with van der Waals surface area (Å²) in [5.74, 6) is 0. The van der Waals surface area contributed by atoms with Crippen LogP contribution in [-0.4, -0.2) is 11.8 Å². The number of hydrogen-bond acceptors (Lipinski definition) is 3. The lowest BCUT2D eigenvalue weighted by molar-refractivity contribution is 0.590. The van der Waals surface area contributed by atoms with Gasteiger partial charge >= 0.3 is 0 Å². The first-order chi connectivity index (χ1) is 28.4. The quantitative estimate of drug-likeness (QED) is 0.180. The SMILES string of the molecule is C=C1C=C(c2ccccc2)Sc2cc3c(cc21)[B]c1c(-c2cc(C(C)(C)C)ccc2Nc2ccc(C(C)(C)C)cc2)ccc2c4cc5c(cc4n-3c12)oc1ccccc15. The largest absolute Gasteiger partial charge is 0.456 e. The Hall–Kier alpha value is -6.17. The number of nitrogens with one attached hydrogen (secondary N) is 1. The zero-order chi connectivity index (χ0) is 40.4. The number of nitrogens with zero attached hydrogens (tertiary/aromatic N) is 1. The highest BCUT2D eigenvalue weighted by Gasteiger charge is 2.30. The zero-order valence-corrected chi connectivity index (χ0v) is 35.1. The first-order valence-corrected chi connectivity index (χ1v) is 21.3. The lowest BCUT2D eigenvalue weighted by atomic mass is 9.58. The van der Waals surface area contributed by atoms with Crippen molar-refractivity contribution < 1.29 is 4.42 Å². The Morgan fingerprint density at radius 1 is 0.627 bits per heavy atom. The first-order valence-electron chi connectivity index (χ1n) is 20.5. The highest BCUT2D eigenvalue weighted by molar-refractivity contribution is 8.08. The zero-order valence-electron chi connectivity index (χ0n) is 34.3. The van der Waals surface area contributed by atoms with Gasteiger partial charge in [-0.1, -0.05) is 150 Å². The molecule has 0 saturated heterocycles. The van der Waals surface area contributed by atoms with Gasteiger partial charge in [-0.15, -0.1) is 0 Å². The number of benzene rings is 7. The van der Waals surface area contributed by atoms with Crippen molar-refractivity contribution in [2.45, 2.75) is 57.3 Å². The van der Waals surface area contributed by atoms with Crippen LogP contribution in [-0.2, 0) is 10.8 Å². The molecule has 0 fully saturated rings. The summed E-state index contributed by atoms with van der Waals surface area (Å²) in [6.45, 7) is 18.3. The van der Waals surface area contributed by atoms with Crippen LogP contribution in [0.1, 0.15) is 63.8 Å². The summed E-state index contributed by atoms with van der Waals surface area (Å²) in [6, 6.07) is 48.9. The summed E-state index contributed by atoms with van der Waals surface area (Å²) in [5.41, 5.74) is 18.3. The van der Waals surface area contributed by atoms with Crippen molar-refractivity contribution >= 4 is 95.6 Å². The monoisotopic (exact) mass is 779 g/mol. The van der Waals surface area contributed by atoms with E-state index in [1.807, 2.05) is 17.8 Å². The van der Waals surface area contributed by atoms with E-state index in [4.69, 9.17) is 4.42 Å². The minimum Gasteiger partial charge on any atom is -0.456 e. The number of anilines is 2. The second-order valence-corrected chi connectivity index (χ2v) is 19.3. The van der Waals surface area contributed by atoms with Crippen molar-refractivity contribution in [2.24, 2.45) is 0 Å². The minimum absolute atomic E-state index is 0.0335. The number of para-hydroxylation sites is 1. The van der Waals surface area contributed by atoms with Crippen LogP contribution in [0.15, 0.2) is 155 Å². The Kier molecular flexibility index (Phi) is 7.87. The molecule has 3 nitrogen and oxygen atoms in total. The van der Waals surface area contributed by atoms with Crippen LogP contribution < -0.4 is 16.2 Å². The van der Waals surface area contributed by atoms with E-state index >= 15 is 0 Å². The number of thioether (sulfide) groups is 1. The molecular weight excluding hydrogens is 735 g/mol. The molecule has 11 rings (SSSR count). The van der Waals surface area contributed by atoms with Crippen molar-refractivity contribution in [3.8, 4) is 16.8 Å². The third kappa shape index (κ3) is 5.81. The van der Waals surface area contributed by atoms with Crippen molar-refractivity contribution in [3.05, 3.63) is 168 Å². The third-order valence-corrected chi connectivity index (χ3v) is 13.4. The van der Waals surface area contributed by atoms with Gasteiger partial charge in [0.15, 0.2) is 7.28 Å². The molecule has 285 valence electrons. The fourth-order valence-electron chi connectivity index (χ4n) is 9.05. The molecule has 0 aliphatic carbocycles. The van der Waals surface area contributed by atoms with Gasteiger partial charge in [0.05, 0.1) is 5.52 Å². The number of hydrogen-bond donors (Lipinski definition) is 1. The van der Waals surface area contributed by atoms with Crippen LogP contribution in [0.25, 0.3) is 71.0 Å². The van der Waals surface area contributed by atoms with Crippen LogP contribution in [0.4, 0.5) is 11.4 Å². The Labute approximate surface area is 350 Å². The van der Waals surface area contributed by atoms with Gasteiger partial charge in [-0.25, -0.2) is 0 Å². The van der Waals surface area contributed by atoms with Crippen molar-refractivity contribution in [1.29, 1.82) is 0 Å². The van der Waals surface area contributed by atoms with E-state index in [1.54, 1.807) is 0 Å². The minimum atomic E-state index is -0.0335. The first kappa shape index (κ1) is 36.0. The average Bonchev–Trinajstić information content (AvgIpc) is 3.75. The van der Waals surface area contributed by atoms with Crippen LogP contribution >= 0.6 is 11.8 Å². The maximum atomic E-state index is 6.54. The molecule has 1 radical (unpaired) electrons. The Bertz CT molecular complexity index is 3260. The smallest absolute Gasteiger partial charge is 0.197 e. The van der Waals surface area contributed by atoms with Gasteiger partial charge in [-0.05, 0) is 98.2 Å². The van der Waals surface area contributed by atoms with Gasteiger partial charge in [-0.2, -0.15) is 0 Å². The van der Waals surface area contributed by atoms with E-state index in [0.29, 0.717) is 0 Å². The van der Waals surface area contributed by atoms with Crippen LogP contribution in [0.5, 0.6) is 0 Å². The lowest BCUT2D eigenvalue weighted by Crippen LogP contribution is -2.37. The summed E-state index contributed by atoms with van der Waals surface area (Å²) in [5, 5.41) is 8.57. The molecule has 2 aliphatic heterocycles. The lowest BCUT2D eigenvalue weighted by Gasteiger charge is -2.28. The van der Waals surface area contributed by atoms with Gasteiger partial charge in [-0.3, -0.25) is 0 Å². The highest BCUT2D eigenvalue weighted by atomic mass is 32.2. The molecule has 5 heteroatoms. The fraction of sp³-hybridized carbons (Fsp3) is 0.148. The van der Waals surface area contributed by atoms with Crippen molar-refractivity contribution in [2.75, 3.05) is 5.32 Å². The van der Waals surface area contributed by atoms with E-state index in [0.717, 1.165) is 44.4 Å². The van der Waals surface area contributed by atoms with E-state index in [2.05, 4.69) is 199 Å². The molecule has 2 aromatic heterocycles. The number of fused-ring (bicyclic) bond motifs is 9. The second kappa shape index (κ2) is 12.9. The second-order valence-electron chi connectivity index (χ2n) is 18.2. The summed E-state index contributed by atoms with van der Waals surface area (Å²) in [7, 11) is 2.42. The molecule has 1 N–H and O–H groups in total. The van der Waals surface area contributed by atoms with Crippen LogP contribution in [0.2, 0.25) is 0 Å². The van der Waals surface area contributed by atoms with Gasteiger partial charge in [0, 0.05) is 65.6 Å². The molecule has 0 spiro atoms. The van der Waals surface area contributed by atoms with Gasteiger partial charge in [0.25, 0.3) is 0 Å². The summed E-state index contributed by atoms with van der Waals surface area (Å²) >= 11 is 1.83. The molecule has 7 aromatic carbocycles. The van der Waals surface area contributed by atoms with Gasteiger partial charge in [0.1, 0.15) is 11.2 Å². The van der Waals surface area contributed by atoms with E-state index in [9.17, 15) is 0 Å². The molecular formula is C54H44BN2OS. The van der Waals surface area contributed by atoms with Gasteiger partial charge < -0.3 is 14.3 Å². The van der Waals surface area contributed by atoms with E-state index < -0.39 is 0 Å². The molecule has 0 amide bonds. The highest BCUT2D eigenvalue weighted by Crippen LogP contribution is 2.47. The number of rotatable bonds is 4. The molecule has 2 aliphatic rings. The van der Waals surface area contributed by atoms with Crippen molar-refractivity contribution in [1.82, 2.24) is 4.57 Å². The topological polar surface area (TPSA) is 30.1 Å². The molecule has 0 bridgehead atoms. The van der Waals surface area contributed by atoms with Crippen LogP contribution in [0, 0.1) is 0 Å². The molecule has 0 saturated carbocycles. The number of allylic oxidation sites excluding steroid dienone is 2. The molecule has 0 atom stereocenters. The van der Waals surface area contributed by atoms with E-state index in [-0.39, 0.29) is 10.8 Å². The normalized spacial score (nSPS) is 13.8. The Morgan fingerprint density at radius 2 is 1.37 bits per heavy atom. The summed E-state index contributed by atoms with van der Waals surface area (Å²) in [4.78, 5) is 2.42. The fourth-order valence-corrected chi connectivity index (χ4v) is 10.2. The van der Waals surface area contributed by atoms with Crippen LogP contribution in [0.3, 0.4) is 0 Å². The molecule has 0 unspecified atom stereocenters. The van der Waals surface area contributed by atoms with E-state index in [1.165, 1.54) is 76.1 Å². The molecule has 59 heavy (non-hydrogen) atoms. The predicted octanol–water partition coefficient (Wildman–Crippen LogP) is 13.8. The number of aromatic nitrogens is 1. The number of furan rings is 1. The molecule has 9 aromatic rings. The average molecular weight is 780 g/mol. The summed E-state index contributed by atoms with van der Waals surface area (Å²) in [6.07, 6.45) is 2.24. The van der Waals surface area contributed by atoms with Crippen molar-refractivity contribution in [3.63, 3.8) is 0 Å². The molecule has 4 heterocycles.